The fraction of sp³-hybridized carbons (Fsp3) is 0.400. The molecule has 0 bridgehead atoms. The average Bonchev–Trinajstić information content (AvgIpc) is 2.62. The summed E-state index contributed by atoms with van der Waals surface area (Å²) in [4.78, 5) is 0. The van der Waals surface area contributed by atoms with Crippen molar-refractivity contribution in [2.75, 3.05) is 7.11 Å². The van der Waals surface area contributed by atoms with Gasteiger partial charge in [0.15, 0.2) is 11.5 Å². The number of rotatable bonds is 5. The highest BCUT2D eigenvalue weighted by atomic mass is 16.5. The molecule has 2 atom stereocenters. The van der Waals surface area contributed by atoms with Crippen LogP contribution >= 0.6 is 0 Å². The van der Waals surface area contributed by atoms with E-state index in [4.69, 9.17) is 9.47 Å². The molecule has 2 N–H and O–H groups in total. The Bertz CT molecular complexity index is 666. The summed E-state index contributed by atoms with van der Waals surface area (Å²) in [5, 5.41) is 19.1. The highest BCUT2D eigenvalue weighted by Crippen LogP contribution is 2.36. The lowest BCUT2D eigenvalue weighted by Crippen LogP contribution is -2.23. The van der Waals surface area contributed by atoms with Crippen LogP contribution in [-0.4, -0.2) is 23.4 Å². The molecule has 1 fully saturated rings. The summed E-state index contributed by atoms with van der Waals surface area (Å²) in [6, 6.07) is 12.8. The molecule has 0 aromatic heterocycles. The summed E-state index contributed by atoms with van der Waals surface area (Å²) in [6.45, 7) is 0. The van der Waals surface area contributed by atoms with Gasteiger partial charge in [-0.15, -0.1) is 0 Å². The monoisotopic (exact) mass is 328 g/mol. The first-order valence-electron chi connectivity index (χ1n) is 8.46. The minimum Gasteiger partial charge on any atom is -0.508 e. The van der Waals surface area contributed by atoms with E-state index < -0.39 is 0 Å². The number of aromatic hydroxyl groups is 2. The molecule has 2 unspecified atom stereocenters. The van der Waals surface area contributed by atoms with Gasteiger partial charge in [-0.2, -0.15) is 0 Å². The summed E-state index contributed by atoms with van der Waals surface area (Å²) in [6.07, 6.45) is 5.39. The zero-order chi connectivity index (χ0) is 16.9. The largest absolute Gasteiger partial charge is 0.508 e. The number of hydrogen-bond acceptors (Lipinski definition) is 4. The molecule has 4 nitrogen and oxygen atoms in total. The summed E-state index contributed by atoms with van der Waals surface area (Å²) < 4.78 is 11.5. The Morgan fingerprint density at radius 1 is 1.08 bits per heavy atom. The molecule has 2 aromatic rings. The van der Waals surface area contributed by atoms with Crippen LogP contribution in [0.4, 0.5) is 0 Å². The molecular formula is C20H24O4. The van der Waals surface area contributed by atoms with E-state index in [0.29, 0.717) is 11.5 Å². The Hall–Kier alpha value is -2.20. The Morgan fingerprint density at radius 2 is 1.88 bits per heavy atom. The van der Waals surface area contributed by atoms with Crippen LogP contribution in [0.5, 0.6) is 17.2 Å². The van der Waals surface area contributed by atoms with Crippen molar-refractivity contribution in [1.82, 2.24) is 0 Å². The van der Waals surface area contributed by atoms with E-state index in [2.05, 4.69) is 0 Å². The molecule has 4 heteroatoms. The van der Waals surface area contributed by atoms with E-state index in [1.807, 2.05) is 24.3 Å². The van der Waals surface area contributed by atoms with E-state index in [9.17, 15) is 10.2 Å². The van der Waals surface area contributed by atoms with Gasteiger partial charge in [0.2, 0.25) is 0 Å². The molecule has 1 aliphatic rings. The van der Waals surface area contributed by atoms with Crippen LogP contribution in [0.1, 0.15) is 42.9 Å². The zero-order valence-electron chi connectivity index (χ0n) is 13.9. The summed E-state index contributed by atoms with van der Waals surface area (Å²) >= 11 is 0. The Labute approximate surface area is 142 Å². The van der Waals surface area contributed by atoms with Crippen LogP contribution in [0.2, 0.25) is 0 Å². The van der Waals surface area contributed by atoms with Crippen LogP contribution in [0.15, 0.2) is 42.5 Å². The molecule has 1 saturated heterocycles. The van der Waals surface area contributed by atoms with E-state index in [-0.39, 0.29) is 18.0 Å². The second-order valence-corrected chi connectivity index (χ2v) is 6.31. The molecule has 128 valence electrons. The second-order valence-electron chi connectivity index (χ2n) is 6.31. The third kappa shape index (κ3) is 4.01. The maximum absolute atomic E-state index is 9.73. The molecular weight excluding hydrogens is 304 g/mol. The van der Waals surface area contributed by atoms with Crippen molar-refractivity contribution >= 4 is 0 Å². The van der Waals surface area contributed by atoms with Crippen LogP contribution in [0.3, 0.4) is 0 Å². The lowest BCUT2D eigenvalue weighted by Gasteiger charge is -2.30. The van der Waals surface area contributed by atoms with Crippen molar-refractivity contribution in [2.24, 2.45) is 0 Å². The van der Waals surface area contributed by atoms with Crippen molar-refractivity contribution in [3.63, 3.8) is 0 Å². The van der Waals surface area contributed by atoms with E-state index >= 15 is 0 Å². The van der Waals surface area contributed by atoms with Gasteiger partial charge in [-0.1, -0.05) is 18.2 Å². The van der Waals surface area contributed by atoms with Crippen molar-refractivity contribution in [3.8, 4) is 17.2 Å². The Morgan fingerprint density at radius 3 is 2.62 bits per heavy atom. The highest BCUT2D eigenvalue weighted by Gasteiger charge is 2.24. The summed E-state index contributed by atoms with van der Waals surface area (Å²) in [7, 11) is 1.56. The van der Waals surface area contributed by atoms with E-state index in [1.165, 1.54) is 5.56 Å². The normalized spacial score (nSPS) is 20.7. The van der Waals surface area contributed by atoms with Gasteiger partial charge in [0, 0.05) is 0 Å². The van der Waals surface area contributed by atoms with Gasteiger partial charge in [0.1, 0.15) is 5.75 Å². The minimum atomic E-state index is 0.0538. The molecule has 0 amide bonds. The second kappa shape index (κ2) is 7.58. The Kier molecular flexibility index (Phi) is 5.26. The van der Waals surface area contributed by atoms with Crippen LogP contribution < -0.4 is 4.74 Å². The molecule has 0 saturated carbocycles. The van der Waals surface area contributed by atoms with Gasteiger partial charge >= 0.3 is 0 Å². The lowest BCUT2D eigenvalue weighted by molar-refractivity contribution is -0.0546. The maximum Gasteiger partial charge on any atom is 0.160 e. The quantitative estimate of drug-likeness (QED) is 0.857. The molecule has 24 heavy (non-hydrogen) atoms. The molecule has 3 rings (SSSR count). The number of hydrogen-bond donors (Lipinski definition) is 2. The van der Waals surface area contributed by atoms with Crippen molar-refractivity contribution in [3.05, 3.63) is 53.6 Å². The van der Waals surface area contributed by atoms with Gasteiger partial charge in [-0.25, -0.2) is 0 Å². The van der Waals surface area contributed by atoms with Crippen molar-refractivity contribution in [1.29, 1.82) is 0 Å². The molecule has 1 heterocycles. The van der Waals surface area contributed by atoms with Gasteiger partial charge in [-0.3, -0.25) is 0 Å². The lowest BCUT2D eigenvalue weighted by atomic mass is 9.95. The van der Waals surface area contributed by atoms with Crippen LogP contribution in [0, 0.1) is 0 Å². The van der Waals surface area contributed by atoms with Crippen LogP contribution in [-0.2, 0) is 11.2 Å². The molecule has 1 aliphatic heterocycles. The van der Waals surface area contributed by atoms with Gasteiger partial charge in [-0.05, 0) is 67.5 Å². The van der Waals surface area contributed by atoms with Gasteiger partial charge < -0.3 is 19.7 Å². The first-order chi connectivity index (χ1) is 11.7. The number of aryl methyl sites for hydroxylation is 1. The average molecular weight is 328 g/mol. The molecule has 0 radical (unpaired) electrons. The van der Waals surface area contributed by atoms with Gasteiger partial charge in [0.25, 0.3) is 0 Å². The minimum absolute atomic E-state index is 0.0538. The number of benzene rings is 2. The number of phenols is 2. The highest BCUT2D eigenvalue weighted by molar-refractivity contribution is 5.42. The number of phenolic OH excluding ortho intramolecular Hbond substituents is 2. The maximum atomic E-state index is 9.73. The van der Waals surface area contributed by atoms with Gasteiger partial charge in [0.05, 0.1) is 19.3 Å². The Balaban J connectivity index is 1.60. The predicted molar refractivity (Wildman–Crippen MR) is 92.6 cm³/mol. The SMILES string of the molecule is COc1cc(C2CCCC(CCc3ccc(O)cc3)O2)ccc1O. The summed E-state index contributed by atoms with van der Waals surface area (Å²) in [5.74, 6) is 0.942. The standard InChI is InChI=1S/C20H24O4/c1-23-20-13-15(8-12-18(20)22)19-4-2-3-17(24-19)11-7-14-5-9-16(21)10-6-14/h5-6,8-10,12-13,17,19,21-22H,2-4,7,11H2,1H3. The number of ether oxygens (including phenoxy) is 2. The smallest absolute Gasteiger partial charge is 0.160 e. The number of methoxy groups -OCH3 is 1. The molecule has 0 aliphatic carbocycles. The topological polar surface area (TPSA) is 58.9 Å². The van der Waals surface area contributed by atoms with E-state index in [0.717, 1.165) is 37.7 Å². The third-order valence-electron chi connectivity index (χ3n) is 4.62. The first kappa shape index (κ1) is 16.7. The first-order valence-corrected chi connectivity index (χ1v) is 8.46. The molecule has 2 aromatic carbocycles. The zero-order valence-corrected chi connectivity index (χ0v) is 13.9. The van der Waals surface area contributed by atoms with Crippen LogP contribution in [0.25, 0.3) is 0 Å². The summed E-state index contributed by atoms with van der Waals surface area (Å²) in [5.41, 5.74) is 2.27. The third-order valence-corrected chi connectivity index (χ3v) is 4.62. The van der Waals surface area contributed by atoms with Crippen molar-refractivity contribution in [2.45, 2.75) is 44.3 Å². The van der Waals surface area contributed by atoms with E-state index in [1.54, 1.807) is 25.3 Å². The van der Waals surface area contributed by atoms with Crippen molar-refractivity contribution < 1.29 is 19.7 Å². The predicted octanol–water partition coefficient (Wildman–Crippen LogP) is 4.35. The fourth-order valence-electron chi connectivity index (χ4n) is 3.24. The molecule has 0 spiro atoms. The fourth-order valence-corrected chi connectivity index (χ4v) is 3.24.